The van der Waals surface area contributed by atoms with Gasteiger partial charge in [0.2, 0.25) is 5.91 Å². The minimum Gasteiger partial charge on any atom is -0.484 e. The molecule has 2 aromatic carbocycles. The molecule has 2 atom stereocenters. The standard InChI is InChI=1S/C23H28N2O4/c1-28-13-12-24-23(27)20-14-19(18-8-4-2-5-9-18)15-25(16-20)22(26)17-29-21-10-6-3-7-11-21/h2-11,19-20H,12-17H2,1H3,(H,24,27)/t19-,20-/m0/s1. The molecule has 1 N–H and O–H groups in total. The van der Waals surface area contributed by atoms with E-state index in [1.165, 1.54) is 0 Å². The SMILES string of the molecule is COCCNC(=O)[C@H]1C[C@H](c2ccccc2)CN(C(=O)COc2ccccc2)C1. The molecule has 1 fully saturated rings. The van der Waals surface area contributed by atoms with E-state index >= 15 is 0 Å². The number of benzene rings is 2. The number of hydrogen-bond donors (Lipinski definition) is 1. The summed E-state index contributed by atoms with van der Waals surface area (Å²) >= 11 is 0. The zero-order valence-corrected chi connectivity index (χ0v) is 16.8. The van der Waals surface area contributed by atoms with Crippen LogP contribution in [0.1, 0.15) is 17.9 Å². The zero-order valence-electron chi connectivity index (χ0n) is 16.8. The van der Waals surface area contributed by atoms with Crippen LogP contribution in [0.5, 0.6) is 5.75 Å². The molecule has 3 rings (SSSR count). The highest BCUT2D eigenvalue weighted by Crippen LogP contribution is 2.30. The van der Waals surface area contributed by atoms with E-state index in [2.05, 4.69) is 17.4 Å². The molecule has 2 aromatic rings. The van der Waals surface area contributed by atoms with Gasteiger partial charge in [0.25, 0.3) is 5.91 Å². The monoisotopic (exact) mass is 396 g/mol. The highest BCUT2D eigenvalue weighted by atomic mass is 16.5. The summed E-state index contributed by atoms with van der Waals surface area (Å²) in [5, 5.41) is 2.91. The molecule has 0 aromatic heterocycles. The van der Waals surface area contributed by atoms with Crippen LogP contribution in [-0.2, 0) is 14.3 Å². The van der Waals surface area contributed by atoms with E-state index in [4.69, 9.17) is 9.47 Å². The van der Waals surface area contributed by atoms with Crippen LogP contribution < -0.4 is 10.1 Å². The Kier molecular flexibility index (Phi) is 7.64. The van der Waals surface area contributed by atoms with E-state index in [0.717, 1.165) is 5.56 Å². The lowest BCUT2D eigenvalue weighted by molar-refractivity contribution is -0.138. The second-order valence-corrected chi connectivity index (χ2v) is 7.22. The number of ether oxygens (including phenoxy) is 2. The molecule has 154 valence electrons. The third kappa shape index (κ3) is 6.06. The molecular weight excluding hydrogens is 368 g/mol. The zero-order chi connectivity index (χ0) is 20.5. The van der Waals surface area contributed by atoms with Gasteiger partial charge in [0.05, 0.1) is 12.5 Å². The minimum atomic E-state index is -0.258. The first kappa shape index (κ1) is 20.9. The van der Waals surface area contributed by atoms with Crippen molar-refractivity contribution in [3.63, 3.8) is 0 Å². The smallest absolute Gasteiger partial charge is 0.260 e. The number of nitrogens with zero attached hydrogens (tertiary/aromatic N) is 1. The fourth-order valence-corrected chi connectivity index (χ4v) is 3.63. The Morgan fingerprint density at radius 2 is 1.72 bits per heavy atom. The van der Waals surface area contributed by atoms with Gasteiger partial charge >= 0.3 is 0 Å². The van der Waals surface area contributed by atoms with Crippen molar-refractivity contribution in [3.05, 3.63) is 66.2 Å². The molecule has 6 nitrogen and oxygen atoms in total. The van der Waals surface area contributed by atoms with E-state index in [9.17, 15) is 9.59 Å². The first-order valence-corrected chi connectivity index (χ1v) is 9.94. The first-order valence-electron chi connectivity index (χ1n) is 9.94. The number of para-hydroxylation sites is 1. The normalized spacial score (nSPS) is 18.9. The quantitative estimate of drug-likeness (QED) is 0.696. The van der Waals surface area contributed by atoms with Gasteiger partial charge in [-0.2, -0.15) is 0 Å². The minimum absolute atomic E-state index is 0.0375. The average molecular weight is 396 g/mol. The number of rotatable bonds is 8. The van der Waals surface area contributed by atoms with Crippen LogP contribution in [0.4, 0.5) is 0 Å². The fourth-order valence-electron chi connectivity index (χ4n) is 3.63. The van der Waals surface area contributed by atoms with Crippen molar-refractivity contribution < 1.29 is 19.1 Å². The molecule has 0 unspecified atom stereocenters. The van der Waals surface area contributed by atoms with Crippen LogP contribution in [0.3, 0.4) is 0 Å². The van der Waals surface area contributed by atoms with Gasteiger partial charge in [0.15, 0.2) is 6.61 Å². The maximum atomic E-state index is 12.8. The molecule has 0 bridgehead atoms. The Morgan fingerprint density at radius 1 is 1.03 bits per heavy atom. The van der Waals surface area contributed by atoms with Crippen molar-refractivity contribution in [2.45, 2.75) is 12.3 Å². The maximum absolute atomic E-state index is 12.8. The van der Waals surface area contributed by atoms with Crippen molar-refractivity contribution in [1.29, 1.82) is 0 Å². The van der Waals surface area contributed by atoms with E-state index in [1.54, 1.807) is 12.0 Å². The van der Waals surface area contributed by atoms with Crippen LogP contribution in [-0.4, -0.2) is 56.7 Å². The van der Waals surface area contributed by atoms with Gasteiger partial charge in [0, 0.05) is 32.7 Å². The number of amides is 2. The van der Waals surface area contributed by atoms with Crippen LogP contribution in [0.25, 0.3) is 0 Å². The summed E-state index contributed by atoms with van der Waals surface area (Å²) in [4.78, 5) is 27.2. The van der Waals surface area contributed by atoms with E-state index in [1.807, 2.05) is 48.5 Å². The van der Waals surface area contributed by atoms with Gasteiger partial charge in [-0.3, -0.25) is 9.59 Å². The van der Waals surface area contributed by atoms with Gasteiger partial charge in [-0.1, -0.05) is 48.5 Å². The third-order valence-electron chi connectivity index (χ3n) is 5.16. The molecule has 1 heterocycles. The molecule has 2 amide bonds. The fraction of sp³-hybridized carbons (Fsp3) is 0.391. The summed E-state index contributed by atoms with van der Waals surface area (Å²) in [6.07, 6.45) is 0.714. The molecule has 1 aliphatic rings. The number of piperidine rings is 1. The summed E-state index contributed by atoms with van der Waals surface area (Å²) in [7, 11) is 1.60. The van der Waals surface area contributed by atoms with Gasteiger partial charge in [-0.15, -0.1) is 0 Å². The number of carbonyl (C=O) groups excluding carboxylic acids is 2. The summed E-state index contributed by atoms with van der Waals surface area (Å²) in [6.45, 7) is 1.88. The number of methoxy groups -OCH3 is 1. The van der Waals surface area contributed by atoms with Gasteiger partial charge in [-0.05, 0) is 24.1 Å². The largest absolute Gasteiger partial charge is 0.484 e. The van der Waals surface area contributed by atoms with E-state index in [0.29, 0.717) is 38.4 Å². The molecular formula is C23H28N2O4. The molecule has 0 saturated carbocycles. The second kappa shape index (κ2) is 10.6. The highest BCUT2D eigenvalue weighted by Gasteiger charge is 2.34. The molecule has 0 spiro atoms. The number of carbonyl (C=O) groups is 2. The summed E-state index contributed by atoms with van der Waals surface area (Å²) in [5.74, 6) is 0.371. The lowest BCUT2D eigenvalue weighted by atomic mass is 9.84. The van der Waals surface area contributed by atoms with Crippen LogP contribution in [0.2, 0.25) is 0 Å². The number of nitrogens with one attached hydrogen (secondary N) is 1. The number of likely N-dealkylation sites (tertiary alicyclic amines) is 1. The molecule has 29 heavy (non-hydrogen) atoms. The van der Waals surface area contributed by atoms with Crippen molar-refractivity contribution in [2.24, 2.45) is 5.92 Å². The Hall–Kier alpha value is -2.86. The van der Waals surface area contributed by atoms with Gasteiger partial charge in [-0.25, -0.2) is 0 Å². The molecule has 0 aliphatic carbocycles. The lowest BCUT2D eigenvalue weighted by Crippen LogP contribution is -2.49. The first-order chi connectivity index (χ1) is 14.2. The van der Waals surface area contributed by atoms with Crippen LogP contribution in [0, 0.1) is 5.92 Å². The molecule has 0 radical (unpaired) electrons. The van der Waals surface area contributed by atoms with Crippen molar-refractivity contribution in [2.75, 3.05) is 40.0 Å². The van der Waals surface area contributed by atoms with Crippen molar-refractivity contribution in [1.82, 2.24) is 10.2 Å². The summed E-state index contributed by atoms with van der Waals surface area (Å²) in [6, 6.07) is 19.3. The molecule has 1 saturated heterocycles. The second-order valence-electron chi connectivity index (χ2n) is 7.22. The predicted molar refractivity (Wildman–Crippen MR) is 111 cm³/mol. The Balaban J connectivity index is 1.67. The van der Waals surface area contributed by atoms with E-state index < -0.39 is 0 Å². The van der Waals surface area contributed by atoms with Gasteiger partial charge < -0.3 is 19.7 Å². The maximum Gasteiger partial charge on any atom is 0.260 e. The van der Waals surface area contributed by atoms with Crippen molar-refractivity contribution >= 4 is 11.8 Å². The number of hydrogen-bond acceptors (Lipinski definition) is 4. The third-order valence-corrected chi connectivity index (χ3v) is 5.16. The molecule has 1 aliphatic heterocycles. The van der Waals surface area contributed by atoms with Crippen LogP contribution >= 0.6 is 0 Å². The average Bonchev–Trinajstić information content (AvgIpc) is 2.78. The summed E-state index contributed by atoms with van der Waals surface area (Å²) < 4.78 is 10.6. The highest BCUT2D eigenvalue weighted by molar-refractivity contribution is 5.82. The Labute approximate surface area is 171 Å². The van der Waals surface area contributed by atoms with Crippen molar-refractivity contribution in [3.8, 4) is 5.75 Å². The molecule has 6 heteroatoms. The summed E-state index contributed by atoms with van der Waals surface area (Å²) in [5.41, 5.74) is 1.14. The van der Waals surface area contributed by atoms with Crippen LogP contribution in [0.15, 0.2) is 60.7 Å². The lowest BCUT2D eigenvalue weighted by Gasteiger charge is -2.37. The van der Waals surface area contributed by atoms with Gasteiger partial charge in [0.1, 0.15) is 5.75 Å². The topological polar surface area (TPSA) is 67.9 Å². The van der Waals surface area contributed by atoms with E-state index in [-0.39, 0.29) is 30.3 Å². The Bertz CT molecular complexity index is 782. The Morgan fingerprint density at radius 3 is 2.41 bits per heavy atom. The predicted octanol–water partition coefficient (Wildman–Crippen LogP) is 2.46.